The molecule has 0 radical (unpaired) electrons. The molecule has 0 aliphatic carbocycles. The highest BCUT2D eigenvalue weighted by Gasteiger charge is 2.17. The van der Waals surface area contributed by atoms with Crippen LogP contribution >= 0.6 is 42.5 Å². The van der Waals surface area contributed by atoms with E-state index in [1.54, 1.807) is 6.20 Å². The van der Waals surface area contributed by atoms with Gasteiger partial charge in [-0.25, -0.2) is 13.4 Å². The number of rotatable bonds is 5. The molecule has 0 amide bonds. The molecule has 0 aliphatic rings. The Bertz CT molecular complexity index is 739. The van der Waals surface area contributed by atoms with Crippen LogP contribution < -0.4 is 4.74 Å². The molecule has 9 heteroatoms. The molecule has 1 aromatic heterocycles. The zero-order valence-corrected chi connectivity index (χ0v) is 15.6. The van der Waals surface area contributed by atoms with E-state index in [4.69, 9.17) is 15.4 Å². The Morgan fingerprint density at radius 2 is 1.95 bits per heavy atom. The number of aryl methyl sites for hydroxylation is 1. The van der Waals surface area contributed by atoms with Gasteiger partial charge < -0.3 is 9.30 Å². The van der Waals surface area contributed by atoms with Gasteiger partial charge in [0.25, 0.3) is 9.05 Å². The summed E-state index contributed by atoms with van der Waals surface area (Å²) >= 11 is 6.57. The number of nitrogens with zero attached hydrogens (tertiary/aromatic N) is 2. The summed E-state index contributed by atoms with van der Waals surface area (Å²) in [5.41, 5.74) is 0. The lowest BCUT2D eigenvalue weighted by molar-refractivity contribution is 0.286. The highest BCUT2D eigenvalue weighted by molar-refractivity contribution is 9.11. The van der Waals surface area contributed by atoms with Crippen LogP contribution in [0.5, 0.6) is 5.75 Å². The van der Waals surface area contributed by atoms with Gasteiger partial charge in [0.1, 0.15) is 18.2 Å². The van der Waals surface area contributed by atoms with Crippen molar-refractivity contribution in [2.45, 2.75) is 25.0 Å². The molecular weight excluding hydrogens is 447 g/mol. The standard InChI is InChI=1S/C12H11Br2ClN2O3S/c1-2-17-4-3-16-11(17)7-20-12-9(13)5-8(6-10(12)14)21(15,18)19/h3-6H,2,7H2,1H3. The Balaban J connectivity index is 2.25. The number of ether oxygens (including phenoxy) is 1. The minimum atomic E-state index is -3.79. The summed E-state index contributed by atoms with van der Waals surface area (Å²) in [5, 5.41) is 0. The average molecular weight is 459 g/mol. The van der Waals surface area contributed by atoms with Crippen LogP contribution in [0.3, 0.4) is 0 Å². The predicted octanol–water partition coefficient (Wildman–Crippen LogP) is 3.93. The zero-order valence-electron chi connectivity index (χ0n) is 10.9. The molecule has 1 heterocycles. The van der Waals surface area contributed by atoms with E-state index in [9.17, 15) is 8.42 Å². The fourth-order valence-electron chi connectivity index (χ4n) is 1.72. The van der Waals surface area contributed by atoms with Gasteiger partial charge in [0.2, 0.25) is 0 Å². The van der Waals surface area contributed by atoms with Gasteiger partial charge >= 0.3 is 0 Å². The highest BCUT2D eigenvalue weighted by atomic mass is 79.9. The number of hydrogen-bond donors (Lipinski definition) is 0. The minimum absolute atomic E-state index is 0.00896. The maximum absolute atomic E-state index is 11.3. The monoisotopic (exact) mass is 456 g/mol. The van der Waals surface area contributed by atoms with Crippen molar-refractivity contribution in [3.05, 3.63) is 39.3 Å². The van der Waals surface area contributed by atoms with E-state index in [-0.39, 0.29) is 11.5 Å². The van der Waals surface area contributed by atoms with Crippen LogP contribution in [0.1, 0.15) is 12.7 Å². The van der Waals surface area contributed by atoms with Gasteiger partial charge in [-0.05, 0) is 50.9 Å². The summed E-state index contributed by atoms with van der Waals surface area (Å²) in [6.45, 7) is 3.08. The third kappa shape index (κ3) is 4.00. The molecule has 2 rings (SSSR count). The first-order valence-electron chi connectivity index (χ1n) is 5.89. The molecule has 2 aromatic rings. The summed E-state index contributed by atoms with van der Waals surface area (Å²) < 4.78 is 31.3. The molecule has 0 N–H and O–H groups in total. The van der Waals surface area contributed by atoms with Crippen molar-refractivity contribution in [2.75, 3.05) is 0 Å². The summed E-state index contributed by atoms with van der Waals surface area (Å²) in [7, 11) is 1.54. The summed E-state index contributed by atoms with van der Waals surface area (Å²) in [5.74, 6) is 1.27. The van der Waals surface area contributed by atoms with Gasteiger partial charge in [-0.1, -0.05) is 0 Å². The molecule has 0 aliphatic heterocycles. The fourth-order valence-corrected chi connectivity index (χ4v) is 4.22. The first-order chi connectivity index (χ1) is 9.82. The quantitative estimate of drug-likeness (QED) is 0.637. The predicted molar refractivity (Wildman–Crippen MR) is 87.1 cm³/mol. The third-order valence-corrected chi connectivity index (χ3v) is 5.25. The number of benzene rings is 1. The van der Waals surface area contributed by atoms with Crippen molar-refractivity contribution in [3.63, 3.8) is 0 Å². The Labute approximate surface area is 144 Å². The van der Waals surface area contributed by atoms with Gasteiger partial charge in [0, 0.05) is 29.6 Å². The molecule has 0 unspecified atom stereocenters. The second-order valence-electron chi connectivity index (χ2n) is 4.07. The average Bonchev–Trinajstić information content (AvgIpc) is 2.84. The van der Waals surface area contributed by atoms with Crippen LogP contribution in [-0.4, -0.2) is 18.0 Å². The van der Waals surface area contributed by atoms with Crippen LogP contribution in [0.2, 0.25) is 0 Å². The second-order valence-corrected chi connectivity index (χ2v) is 8.35. The Hall–Kier alpha value is -0.570. The molecule has 0 saturated carbocycles. The Morgan fingerprint density at radius 3 is 2.48 bits per heavy atom. The highest BCUT2D eigenvalue weighted by Crippen LogP contribution is 2.37. The second kappa shape index (κ2) is 6.68. The molecule has 1 aromatic carbocycles. The van der Waals surface area contributed by atoms with Gasteiger partial charge in [-0.3, -0.25) is 0 Å². The molecular formula is C12H11Br2ClN2O3S. The Kier molecular flexibility index (Phi) is 5.34. The molecule has 0 saturated heterocycles. The molecule has 21 heavy (non-hydrogen) atoms. The summed E-state index contributed by atoms with van der Waals surface area (Å²) in [6, 6.07) is 2.80. The smallest absolute Gasteiger partial charge is 0.261 e. The third-order valence-electron chi connectivity index (χ3n) is 2.74. The van der Waals surface area contributed by atoms with E-state index in [2.05, 4.69) is 36.8 Å². The van der Waals surface area contributed by atoms with Crippen LogP contribution in [-0.2, 0) is 22.2 Å². The SMILES string of the molecule is CCn1ccnc1COc1c(Br)cc(S(=O)(=O)Cl)cc1Br. The van der Waals surface area contributed by atoms with Crippen molar-refractivity contribution in [2.24, 2.45) is 0 Å². The molecule has 0 fully saturated rings. The Morgan fingerprint density at radius 1 is 1.33 bits per heavy atom. The number of imidazole rings is 1. The number of hydrogen-bond acceptors (Lipinski definition) is 4. The van der Waals surface area contributed by atoms with Gasteiger partial charge in [-0.2, -0.15) is 0 Å². The van der Waals surface area contributed by atoms with Gasteiger partial charge in [-0.15, -0.1) is 0 Å². The topological polar surface area (TPSA) is 61.2 Å². The lowest BCUT2D eigenvalue weighted by Crippen LogP contribution is -2.06. The van der Waals surface area contributed by atoms with E-state index in [0.29, 0.717) is 14.7 Å². The fraction of sp³-hybridized carbons (Fsp3) is 0.250. The maximum Gasteiger partial charge on any atom is 0.261 e. The van der Waals surface area contributed by atoms with Crippen molar-refractivity contribution in [1.82, 2.24) is 9.55 Å². The normalized spacial score (nSPS) is 11.6. The van der Waals surface area contributed by atoms with E-state index < -0.39 is 9.05 Å². The lowest BCUT2D eigenvalue weighted by atomic mass is 10.3. The minimum Gasteiger partial charge on any atom is -0.483 e. The van der Waals surface area contributed by atoms with Crippen LogP contribution in [0.15, 0.2) is 38.4 Å². The molecule has 0 atom stereocenters. The zero-order chi connectivity index (χ0) is 15.6. The van der Waals surface area contributed by atoms with Gasteiger partial charge in [0.05, 0.1) is 13.8 Å². The van der Waals surface area contributed by atoms with Crippen LogP contribution in [0.25, 0.3) is 0 Å². The summed E-state index contributed by atoms with van der Waals surface area (Å²) in [6.07, 6.45) is 3.57. The molecule has 0 bridgehead atoms. The van der Waals surface area contributed by atoms with E-state index >= 15 is 0 Å². The van der Waals surface area contributed by atoms with E-state index in [0.717, 1.165) is 12.4 Å². The van der Waals surface area contributed by atoms with Crippen LogP contribution in [0.4, 0.5) is 0 Å². The van der Waals surface area contributed by atoms with Crippen molar-refractivity contribution < 1.29 is 13.2 Å². The first-order valence-corrected chi connectivity index (χ1v) is 9.79. The van der Waals surface area contributed by atoms with Gasteiger partial charge in [0.15, 0.2) is 0 Å². The maximum atomic E-state index is 11.3. The van der Waals surface area contributed by atoms with E-state index in [1.807, 2.05) is 17.7 Å². The lowest BCUT2D eigenvalue weighted by Gasteiger charge is -2.12. The van der Waals surface area contributed by atoms with Crippen LogP contribution in [0, 0.1) is 0 Å². The first kappa shape index (κ1) is 16.8. The molecule has 5 nitrogen and oxygen atoms in total. The van der Waals surface area contributed by atoms with Crippen molar-refractivity contribution >= 4 is 51.6 Å². The largest absolute Gasteiger partial charge is 0.483 e. The summed E-state index contributed by atoms with van der Waals surface area (Å²) in [4.78, 5) is 4.20. The molecule has 0 spiro atoms. The van der Waals surface area contributed by atoms with E-state index in [1.165, 1.54) is 12.1 Å². The number of halogens is 3. The van der Waals surface area contributed by atoms with Crippen molar-refractivity contribution in [3.8, 4) is 5.75 Å². The van der Waals surface area contributed by atoms with Crippen molar-refractivity contribution in [1.29, 1.82) is 0 Å². The number of aromatic nitrogens is 2. The molecule has 114 valence electrons.